The van der Waals surface area contributed by atoms with Crippen molar-refractivity contribution < 1.29 is 9.53 Å². The average Bonchev–Trinajstić information content (AvgIpc) is 3.18. The Morgan fingerprint density at radius 2 is 2.48 bits per heavy atom. The topological polar surface area (TPSA) is 99.8 Å². The second-order valence-corrected chi connectivity index (χ2v) is 4.97. The summed E-state index contributed by atoms with van der Waals surface area (Å²) in [5.74, 6) is 1.39. The Kier molecular flexibility index (Phi) is 3.96. The van der Waals surface area contributed by atoms with Gasteiger partial charge in [-0.3, -0.25) is 9.89 Å². The molecule has 21 heavy (non-hydrogen) atoms. The maximum Gasteiger partial charge on any atom is 0.272 e. The maximum atomic E-state index is 12.3. The molecule has 2 aromatic heterocycles. The number of aryl methyl sites for hydroxylation is 1. The van der Waals surface area contributed by atoms with E-state index >= 15 is 0 Å². The third-order valence-electron chi connectivity index (χ3n) is 3.41. The van der Waals surface area contributed by atoms with Crippen molar-refractivity contribution in [2.24, 2.45) is 0 Å². The molecule has 3 rings (SSSR count). The summed E-state index contributed by atoms with van der Waals surface area (Å²) >= 11 is 0. The van der Waals surface area contributed by atoms with Gasteiger partial charge in [0.25, 0.3) is 5.91 Å². The van der Waals surface area contributed by atoms with Gasteiger partial charge in [0, 0.05) is 13.0 Å². The summed E-state index contributed by atoms with van der Waals surface area (Å²) in [7, 11) is 0. The van der Waals surface area contributed by atoms with Crippen molar-refractivity contribution >= 4 is 5.91 Å². The zero-order chi connectivity index (χ0) is 14.7. The number of ether oxygens (including phenoxy) is 1. The molecule has 2 N–H and O–H groups in total. The fourth-order valence-corrected chi connectivity index (χ4v) is 2.34. The van der Waals surface area contributed by atoms with Crippen LogP contribution in [0.3, 0.4) is 0 Å². The van der Waals surface area contributed by atoms with Crippen LogP contribution >= 0.6 is 0 Å². The lowest BCUT2D eigenvalue weighted by atomic mass is 10.2. The zero-order valence-electron chi connectivity index (χ0n) is 11.9. The first-order valence-electron chi connectivity index (χ1n) is 7.08. The summed E-state index contributed by atoms with van der Waals surface area (Å²) in [4.78, 5) is 25.2. The van der Waals surface area contributed by atoms with Gasteiger partial charge in [-0.1, -0.05) is 6.92 Å². The van der Waals surface area contributed by atoms with Gasteiger partial charge in [-0.25, -0.2) is 9.97 Å². The predicted octanol–water partition coefficient (Wildman–Crippen LogP) is 0.694. The molecule has 1 atom stereocenters. The van der Waals surface area contributed by atoms with Gasteiger partial charge < -0.3 is 14.6 Å². The number of carbonyl (C=O) groups is 1. The van der Waals surface area contributed by atoms with Gasteiger partial charge in [-0.05, 0) is 6.42 Å². The quantitative estimate of drug-likeness (QED) is 0.863. The standard InChI is InChI=1S/C13H18N6O2/c1-2-3-11-16-12(18-17-11)10-7-19(4-5-21-10)13(20)9-6-14-8-15-9/h6,8,10H,2-5,7H2,1H3,(H,14,15)(H,16,17,18)/t10-/m0/s1. The summed E-state index contributed by atoms with van der Waals surface area (Å²) in [6.45, 7) is 3.56. The molecule has 0 spiro atoms. The van der Waals surface area contributed by atoms with Crippen molar-refractivity contribution in [3.05, 3.63) is 29.9 Å². The van der Waals surface area contributed by atoms with E-state index in [-0.39, 0.29) is 12.0 Å². The molecule has 2 aromatic rings. The lowest BCUT2D eigenvalue weighted by molar-refractivity contribution is -0.0268. The van der Waals surface area contributed by atoms with Gasteiger partial charge in [0.2, 0.25) is 0 Å². The normalized spacial score (nSPS) is 18.9. The van der Waals surface area contributed by atoms with Gasteiger partial charge >= 0.3 is 0 Å². The van der Waals surface area contributed by atoms with Crippen molar-refractivity contribution in [2.75, 3.05) is 19.7 Å². The van der Waals surface area contributed by atoms with Crippen molar-refractivity contribution in [2.45, 2.75) is 25.9 Å². The Hall–Kier alpha value is -2.22. The number of rotatable bonds is 4. The van der Waals surface area contributed by atoms with Crippen LogP contribution in [0.5, 0.6) is 0 Å². The van der Waals surface area contributed by atoms with Crippen LogP contribution in [-0.2, 0) is 11.2 Å². The number of hydrogen-bond acceptors (Lipinski definition) is 5. The van der Waals surface area contributed by atoms with Crippen molar-refractivity contribution in [3.63, 3.8) is 0 Å². The first-order chi connectivity index (χ1) is 10.3. The Morgan fingerprint density at radius 3 is 3.24 bits per heavy atom. The Bertz CT molecular complexity index is 594. The number of hydrogen-bond donors (Lipinski definition) is 2. The molecular formula is C13H18N6O2. The van der Waals surface area contributed by atoms with Gasteiger partial charge in [0.05, 0.1) is 25.7 Å². The largest absolute Gasteiger partial charge is 0.366 e. The summed E-state index contributed by atoms with van der Waals surface area (Å²) in [5, 5.41) is 7.11. The van der Waals surface area contributed by atoms with Crippen LogP contribution in [0.4, 0.5) is 0 Å². The second-order valence-electron chi connectivity index (χ2n) is 4.97. The van der Waals surface area contributed by atoms with Crippen LogP contribution in [0.2, 0.25) is 0 Å². The summed E-state index contributed by atoms with van der Waals surface area (Å²) in [6, 6.07) is 0. The summed E-state index contributed by atoms with van der Waals surface area (Å²) < 4.78 is 5.69. The van der Waals surface area contributed by atoms with Crippen LogP contribution in [0.15, 0.2) is 12.5 Å². The highest BCUT2D eigenvalue weighted by Gasteiger charge is 2.29. The molecule has 0 radical (unpaired) electrons. The zero-order valence-corrected chi connectivity index (χ0v) is 11.9. The highest BCUT2D eigenvalue weighted by Crippen LogP contribution is 2.20. The highest BCUT2D eigenvalue weighted by atomic mass is 16.5. The molecule has 0 unspecified atom stereocenters. The van der Waals surface area contributed by atoms with Gasteiger partial charge in [0.15, 0.2) is 5.82 Å². The minimum Gasteiger partial charge on any atom is -0.366 e. The number of aromatic nitrogens is 5. The van der Waals surface area contributed by atoms with Gasteiger partial charge in [0.1, 0.15) is 17.6 Å². The fraction of sp³-hybridized carbons (Fsp3) is 0.538. The number of carbonyl (C=O) groups excluding carboxylic acids is 1. The minimum absolute atomic E-state index is 0.0786. The van der Waals surface area contributed by atoms with E-state index in [1.165, 1.54) is 12.5 Å². The number of morpholine rings is 1. The number of imidazole rings is 1. The van der Waals surface area contributed by atoms with E-state index in [2.05, 4.69) is 32.1 Å². The molecule has 3 heterocycles. The molecule has 0 bridgehead atoms. The second kappa shape index (κ2) is 6.04. The van der Waals surface area contributed by atoms with Gasteiger partial charge in [-0.2, -0.15) is 5.10 Å². The number of amides is 1. The van der Waals surface area contributed by atoms with Crippen LogP contribution in [0.1, 0.15) is 41.6 Å². The van der Waals surface area contributed by atoms with Crippen molar-refractivity contribution in [1.82, 2.24) is 30.0 Å². The number of nitrogens with zero attached hydrogens (tertiary/aromatic N) is 4. The van der Waals surface area contributed by atoms with Crippen molar-refractivity contribution in [3.8, 4) is 0 Å². The molecule has 1 fully saturated rings. The third-order valence-corrected chi connectivity index (χ3v) is 3.41. The van der Waals surface area contributed by atoms with E-state index in [4.69, 9.17) is 4.74 Å². The van der Waals surface area contributed by atoms with E-state index < -0.39 is 0 Å². The Morgan fingerprint density at radius 1 is 1.57 bits per heavy atom. The first kappa shape index (κ1) is 13.7. The number of H-pyrrole nitrogens is 2. The van der Waals surface area contributed by atoms with Crippen LogP contribution in [-0.4, -0.2) is 55.7 Å². The van der Waals surface area contributed by atoms with Crippen LogP contribution < -0.4 is 0 Å². The molecule has 1 saturated heterocycles. The van der Waals surface area contributed by atoms with E-state index in [1.54, 1.807) is 4.90 Å². The molecule has 1 aliphatic rings. The minimum atomic E-state index is -0.285. The van der Waals surface area contributed by atoms with E-state index in [9.17, 15) is 4.79 Å². The molecule has 1 amide bonds. The molecule has 8 nitrogen and oxygen atoms in total. The summed E-state index contributed by atoms with van der Waals surface area (Å²) in [6.07, 6.45) is 4.60. The monoisotopic (exact) mass is 290 g/mol. The van der Waals surface area contributed by atoms with E-state index in [0.717, 1.165) is 18.7 Å². The van der Waals surface area contributed by atoms with Crippen LogP contribution in [0, 0.1) is 0 Å². The number of aromatic amines is 2. The summed E-state index contributed by atoms with van der Waals surface area (Å²) in [5.41, 5.74) is 0.484. The fourth-order valence-electron chi connectivity index (χ4n) is 2.34. The lowest BCUT2D eigenvalue weighted by Gasteiger charge is -2.31. The Balaban J connectivity index is 1.69. The third kappa shape index (κ3) is 2.94. The molecule has 0 aromatic carbocycles. The first-order valence-corrected chi connectivity index (χ1v) is 7.08. The molecular weight excluding hydrogens is 272 g/mol. The SMILES string of the molecule is CCCc1nc([C@@H]2CN(C(=O)c3cnc[nH]3)CCO2)n[nH]1. The number of nitrogens with one attached hydrogen (secondary N) is 2. The van der Waals surface area contributed by atoms with E-state index in [1.807, 2.05) is 0 Å². The van der Waals surface area contributed by atoms with E-state index in [0.29, 0.717) is 31.2 Å². The van der Waals surface area contributed by atoms with Gasteiger partial charge in [-0.15, -0.1) is 0 Å². The molecule has 0 aliphatic carbocycles. The molecule has 8 heteroatoms. The Labute approximate surface area is 121 Å². The van der Waals surface area contributed by atoms with Crippen molar-refractivity contribution in [1.29, 1.82) is 0 Å². The average molecular weight is 290 g/mol. The predicted molar refractivity (Wildman–Crippen MR) is 73.6 cm³/mol. The maximum absolute atomic E-state index is 12.3. The molecule has 0 saturated carbocycles. The van der Waals surface area contributed by atoms with Crippen LogP contribution in [0.25, 0.3) is 0 Å². The highest BCUT2D eigenvalue weighted by molar-refractivity contribution is 5.92. The smallest absolute Gasteiger partial charge is 0.272 e. The lowest BCUT2D eigenvalue weighted by Crippen LogP contribution is -2.42. The molecule has 1 aliphatic heterocycles. The molecule has 112 valence electrons.